The summed E-state index contributed by atoms with van der Waals surface area (Å²) in [5, 5.41) is 16.7. The van der Waals surface area contributed by atoms with Crippen LogP contribution in [0.3, 0.4) is 0 Å². The second-order valence-electron chi connectivity index (χ2n) is 1.54. The van der Waals surface area contributed by atoms with Crippen LogP contribution in [0.15, 0.2) is 0 Å². The fourth-order valence-corrected chi connectivity index (χ4v) is 0.361. The first kappa shape index (κ1) is 11.3. The third-order valence-electron chi connectivity index (χ3n) is 0.631. The number of alkyl halides is 3. The summed E-state index contributed by atoms with van der Waals surface area (Å²) in [5.41, 5.74) is 0. The van der Waals surface area contributed by atoms with Gasteiger partial charge in [0.25, 0.3) is 3.79 Å². The molecule has 0 fully saturated rings. The molecule has 0 aromatic carbocycles. The van der Waals surface area contributed by atoms with Gasteiger partial charge in [-0.2, -0.15) is 0 Å². The Bertz CT molecular complexity index is 143. The van der Waals surface area contributed by atoms with E-state index < -0.39 is 22.7 Å². The molecule has 0 amide bonds. The largest absolute Gasteiger partial charge is 0.430 e. The first-order valence-corrected chi connectivity index (χ1v) is 3.58. The number of hydrogen-bond donors (Lipinski definition) is 2. The number of hydrogen-bond acceptors (Lipinski definition) is 4. The lowest BCUT2D eigenvalue weighted by molar-refractivity contribution is -0.172. The van der Waals surface area contributed by atoms with Crippen LogP contribution in [0.5, 0.6) is 0 Å². The minimum Gasteiger partial charge on any atom is -0.430 e. The number of carbonyl (C=O) groups excluding carboxylic acids is 1. The molecule has 0 aliphatic rings. The van der Waals surface area contributed by atoms with Gasteiger partial charge in [0.2, 0.25) is 6.29 Å². The smallest absolute Gasteiger partial charge is 0.360 e. The topological polar surface area (TPSA) is 66.8 Å². The highest BCUT2D eigenvalue weighted by Crippen LogP contribution is 2.27. The Labute approximate surface area is 77.6 Å². The highest BCUT2D eigenvalue weighted by Gasteiger charge is 2.34. The molecule has 0 saturated carbocycles. The average molecular weight is 223 g/mol. The van der Waals surface area contributed by atoms with Gasteiger partial charge in [0.1, 0.15) is 6.61 Å². The van der Waals surface area contributed by atoms with E-state index in [0.717, 1.165) is 0 Å². The minimum absolute atomic E-state index is 0.744. The van der Waals surface area contributed by atoms with Crippen LogP contribution in [0, 0.1) is 0 Å². The number of halogens is 3. The van der Waals surface area contributed by atoms with Gasteiger partial charge in [-0.1, -0.05) is 34.8 Å². The average Bonchev–Trinajstić information content (AvgIpc) is 1.85. The van der Waals surface area contributed by atoms with Gasteiger partial charge in [-0.05, 0) is 0 Å². The van der Waals surface area contributed by atoms with Gasteiger partial charge in [-0.25, -0.2) is 4.79 Å². The molecule has 0 saturated heterocycles. The molecule has 0 spiro atoms. The zero-order valence-electron chi connectivity index (χ0n) is 5.13. The first-order valence-electron chi connectivity index (χ1n) is 2.44. The quantitative estimate of drug-likeness (QED) is 0.399. The molecule has 0 aromatic heterocycles. The molecular formula is C4H5Cl3O4. The number of aliphatic hydroxyl groups is 2. The zero-order valence-corrected chi connectivity index (χ0v) is 7.40. The molecule has 1 atom stereocenters. The Morgan fingerprint density at radius 2 is 2.00 bits per heavy atom. The number of esters is 1. The number of ether oxygens (including phenoxy) is 1. The summed E-state index contributed by atoms with van der Waals surface area (Å²) in [7, 11) is 0. The van der Waals surface area contributed by atoms with Crippen LogP contribution in [0.4, 0.5) is 0 Å². The van der Waals surface area contributed by atoms with Gasteiger partial charge in [-0.15, -0.1) is 0 Å². The third-order valence-corrected chi connectivity index (χ3v) is 1.09. The van der Waals surface area contributed by atoms with Crippen molar-refractivity contribution in [1.82, 2.24) is 0 Å². The van der Waals surface area contributed by atoms with Crippen LogP contribution < -0.4 is 0 Å². The molecule has 0 rings (SSSR count). The molecule has 0 aromatic rings. The van der Waals surface area contributed by atoms with E-state index in [9.17, 15) is 4.79 Å². The van der Waals surface area contributed by atoms with Crippen molar-refractivity contribution in [3.05, 3.63) is 0 Å². The van der Waals surface area contributed by atoms with Gasteiger partial charge in [0, 0.05) is 0 Å². The maximum atomic E-state index is 10.5. The molecule has 7 heteroatoms. The van der Waals surface area contributed by atoms with E-state index in [1.165, 1.54) is 0 Å². The molecule has 2 N–H and O–H groups in total. The third kappa shape index (κ3) is 4.66. The standard InChI is InChI=1S/C4H5Cl3O4/c5-4(6,7)3(10)11-2(9)1-8/h2,8-9H,1H2. The molecule has 11 heavy (non-hydrogen) atoms. The second-order valence-corrected chi connectivity index (χ2v) is 3.82. The van der Waals surface area contributed by atoms with Crippen LogP contribution in [0.1, 0.15) is 0 Å². The highest BCUT2D eigenvalue weighted by atomic mass is 35.6. The highest BCUT2D eigenvalue weighted by molar-refractivity contribution is 6.75. The van der Waals surface area contributed by atoms with E-state index in [2.05, 4.69) is 4.74 Å². The predicted molar refractivity (Wildman–Crippen MR) is 39.5 cm³/mol. The molecule has 0 aliphatic heterocycles. The van der Waals surface area contributed by atoms with Gasteiger partial charge >= 0.3 is 5.97 Å². The van der Waals surface area contributed by atoms with Crippen LogP contribution in [0.25, 0.3) is 0 Å². The predicted octanol–water partition coefficient (Wildman–Crippen LogP) is 0.211. The van der Waals surface area contributed by atoms with Crippen LogP contribution in [-0.2, 0) is 9.53 Å². The normalized spacial score (nSPS) is 14.3. The summed E-state index contributed by atoms with van der Waals surface area (Å²) in [5.74, 6) is -1.23. The Balaban J connectivity index is 3.88. The lowest BCUT2D eigenvalue weighted by Gasteiger charge is -2.13. The fraction of sp³-hybridized carbons (Fsp3) is 0.750. The molecule has 66 valence electrons. The summed E-state index contributed by atoms with van der Waals surface area (Å²) in [4.78, 5) is 10.5. The van der Waals surface area contributed by atoms with E-state index in [4.69, 9.17) is 45.0 Å². The Morgan fingerprint density at radius 3 is 2.27 bits per heavy atom. The number of rotatable bonds is 2. The maximum absolute atomic E-state index is 10.5. The molecule has 0 bridgehead atoms. The molecular weight excluding hydrogens is 218 g/mol. The minimum atomic E-state index is -2.23. The fourth-order valence-electron chi connectivity index (χ4n) is 0.228. The summed E-state index contributed by atoms with van der Waals surface area (Å²) in [6, 6.07) is 0. The van der Waals surface area contributed by atoms with E-state index in [0.29, 0.717) is 0 Å². The van der Waals surface area contributed by atoms with Crippen molar-refractivity contribution in [3.8, 4) is 0 Å². The van der Waals surface area contributed by atoms with E-state index in [-0.39, 0.29) is 0 Å². The first-order chi connectivity index (χ1) is 4.88. The lowest BCUT2D eigenvalue weighted by Crippen LogP contribution is -2.29. The Kier molecular flexibility index (Phi) is 4.43. The molecule has 4 nitrogen and oxygen atoms in total. The lowest BCUT2D eigenvalue weighted by atomic mass is 10.7. The van der Waals surface area contributed by atoms with Gasteiger partial charge in [0.15, 0.2) is 0 Å². The maximum Gasteiger partial charge on any atom is 0.360 e. The Morgan fingerprint density at radius 1 is 1.55 bits per heavy atom. The van der Waals surface area contributed by atoms with E-state index in [1.807, 2.05) is 0 Å². The van der Waals surface area contributed by atoms with Gasteiger partial charge in [-0.3, -0.25) is 0 Å². The molecule has 0 radical (unpaired) electrons. The van der Waals surface area contributed by atoms with E-state index >= 15 is 0 Å². The van der Waals surface area contributed by atoms with Crippen molar-refractivity contribution in [2.24, 2.45) is 0 Å². The van der Waals surface area contributed by atoms with Crippen molar-refractivity contribution in [2.75, 3.05) is 6.61 Å². The van der Waals surface area contributed by atoms with Gasteiger partial charge < -0.3 is 14.9 Å². The summed E-state index contributed by atoms with van der Waals surface area (Å²) in [6.07, 6.45) is -1.65. The van der Waals surface area contributed by atoms with Crippen LogP contribution >= 0.6 is 34.8 Å². The van der Waals surface area contributed by atoms with Gasteiger partial charge in [0.05, 0.1) is 0 Å². The number of carbonyl (C=O) groups is 1. The summed E-state index contributed by atoms with van der Waals surface area (Å²) in [6.45, 7) is -0.744. The number of aliphatic hydroxyl groups excluding tert-OH is 2. The van der Waals surface area contributed by atoms with Crippen molar-refractivity contribution >= 4 is 40.8 Å². The van der Waals surface area contributed by atoms with Crippen molar-refractivity contribution < 1.29 is 19.7 Å². The molecule has 0 aliphatic carbocycles. The second kappa shape index (κ2) is 4.33. The van der Waals surface area contributed by atoms with Crippen molar-refractivity contribution in [2.45, 2.75) is 10.1 Å². The molecule has 1 unspecified atom stereocenters. The van der Waals surface area contributed by atoms with Crippen LogP contribution in [0.2, 0.25) is 0 Å². The van der Waals surface area contributed by atoms with Crippen LogP contribution in [-0.4, -0.2) is 32.9 Å². The SMILES string of the molecule is O=C(OC(O)CO)C(Cl)(Cl)Cl. The van der Waals surface area contributed by atoms with E-state index in [1.54, 1.807) is 0 Å². The summed E-state index contributed by atoms with van der Waals surface area (Å²) < 4.78 is 1.81. The summed E-state index contributed by atoms with van der Waals surface area (Å²) >= 11 is 15.1. The Hall–Kier alpha value is 0.260. The monoisotopic (exact) mass is 222 g/mol. The zero-order chi connectivity index (χ0) is 9.07. The van der Waals surface area contributed by atoms with Crippen molar-refractivity contribution in [1.29, 1.82) is 0 Å². The molecule has 0 heterocycles. The van der Waals surface area contributed by atoms with Crippen molar-refractivity contribution in [3.63, 3.8) is 0 Å².